The van der Waals surface area contributed by atoms with Crippen molar-refractivity contribution < 1.29 is 39.6 Å². The van der Waals surface area contributed by atoms with Crippen LogP contribution in [0, 0.1) is 10.1 Å². The number of benzene rings is 2. The van der Waals surface area contributed by atoms with Crippen molar-refractivity contribution in [3.05, 3.63) is 58.6 Å². The Labute approximate surface area is 265 Å². The quantitative estimate of drug-likeness (QED) is 0.0790. The Morgan fingerprint density at radius 3 is 1.98 bits per heavy atom. The van der Waals surface area contributed by atoms with E-state index in [9.17, 15) is 35.3 Å². The number of rotatable bonds is 20. The van der Waals surface area contributed by atoms with Crippen molar-refractivity contribution in [2.75, 3.05) is 11.5 Å². The van der Waals surface area contributed by atoms with Gasteiger partial charge in [0.15, 0.2) is 0 Å². The van der Waals surface area contributed by atoms with Crippen LogP contribution in [-0.4, -0.2) is 68.6 Å². The van der Waals surface area contributed by atoms with E-state index in [1.54, 1.807) is 30.3 Å². The van der Waals surface area contributed by atoms with Gasteiger partial charge in [-0.2, -0.15) is 0 Å². The zero-order chi connectivity index (χ0) is 32.6. The number of hydrogen-bond donors (Lipinski definition) is 4. The topological polar surface area (TPSA) is 163 Å². The molecule has 2 aromatic rings. The maximum Gasteiger partial charge on any atom is 0.271 e. The van der Waals surface area contributed by atoms with Crippen LogP contribution in [0.1, 0.15) is 96.8 Å². The SMILES string of the molecule is CCCCCCCCCCCCCCCC(=O)N(c1ccccc1)c1cc([N+](=O)[O-])ccc1O[C@@H]1O[C@H](CO)[C@@H](O)[C@H](O)[C@H]1O. The fourth-order valence-electron chi connectivity index (χ4n) is 5.58. The molecule has 0 saturated carbocycles. The van der Waals surface area contributed by atoms with Crippen molar-refractivity contribution in [3.63, 3.8) is 0 Å². The van der Waals surface area contributed by atoms with Crippen LogP contribution in [0.2, 0.25) is 0 Å². The molecule has 0 unspecified atom stereocenters. The fourth-order valence-corrected chi connectivity index (χ4v) is 5.58. The van der Waals surface area contributed by atoms with Crippen LogP contribution in [0.3, 0.4) is 0 Å². The van der Waals surface area contributed by atoms with Crippen molar-refractivity contribution in [2.24, 2.45) is 0 Å². The molecule has 1 amide bonds. The number of non-ortho nitro benzene ring substituents is 1. The van der Waals surface area contributed by atoms with E-state index in [-0.39, 0.29) is 29.5 Å². The number of aliphatic hydroxyl groups is 4. The molecule has 250 valence electrons. The minimum Gasteiger partial charge on any atom is -0.460 e. The van der Waals surface area contributed by atoms with Gasteiger partial charge in [-0.25, -0.2) is 0 Å². The number of carbonyl (C=O) groups excluding carboxylic acids is 1. The third-order valence-corrected chi connectivity index (χ3v) is 8.24. The highest BCUT2D eigenvalue weighted by Gasteiger charge is 2.45. The second kappa shape index (κ2) is 19.4. The number of nitrogens with zero attached hydrogens (tertiary/aromatic N) is 2. The molecule has 2 aromatic carbocycles. The Hall–Kier alpha value is -3.09. The van der Waals surface area contributed by atoms with E-state index in [1.165, 1.54) is 80.9 Å². The summed E-state index contributed by atoms with van der Waals surface area (Å²) in [5.41, 5.74) is 0.254. The molecular weight excluding hydrogens is 580 g/mol. The van der Waals surface area contributed by atoms with Crippen molar-refractivity contribution in [1.29, 1.82) is 0 Å². The first-order valence-electron chi connectivity index (χ1n) is 16.4. The molecule has 11 heteroatoms. The van der Waals surface area contributed by atoms with Gasteiger partial charge in [0.25, 0.3) is 5.69 Å². The minimum absolute atomic E-state index is 0.0208. The molecule has 45 heavy (non-hydrogen) atoms. The van der Waals surface area contributed by atoms with Gasteiger partial charge in [-0.1, -0.05) is 102 Å². The lowest BCUT2D eigenvalue weighted by atomic mass is 9.99. The summed E-state index contributed by atoms with van der Waals surface area (Å²) in [5.74, 6) is -0.309. The molecule has 0 aliphatic carbocycles. The van der Waals surface area contributed by atoms with Crippen LogP contribution in [0.4, 0.5) is 17.1 Å². The van der Waals surface area contributed by atoms with Crippen LogP contribution < -0.4 is 9.64 Å². The van der Waals surface area contributed by atoms with E-state index in [0.29, 0.717) is 12.1 Å². The molecule has 0 bridgehead atoms. The highest BCUT2D eigenvalue weighted by molar-refractivity contribution is 6.02. The van der Waals surface area contributed by atoms with Gasteiger partial charge >= 0.3 is 0 Å². The highest BCUT2D eigenvalue weighted by atomic mass is 16.7. The van der Waals surface area contributed by atoms with Crippen LogP contribution >= 0.6 is 0 Å². The molecule has 4 N–H and O–H groups in total. The van der Waals surface area contributed by atoms with Gasteiger partial charge in [-0.05, 0) is 24.6 Å². The van der Waals surface area contributed by atoms with Crippen molar-refractivity contribution in [3.8, 4) is 5.75 Å². The van der Waals surface area contributed by atoms with E-state index < -0.39 is 42.2 Å². The monoisotopic (exact) mass is 630 g/mol. The molecule has 11 nitrogen and oxygen atoms in total. The molecular formula is C34H50N2O9. The molecule has 0 aromatic heterocycles. The third-order valence-electron chi connectivity index (χ3n) is 8.24. The third kappa shape index (κ3) is 11.0. The first-order valence-corrected chi connectivity index (χ1v) is 16.4. The summed E-state index contributed by atoms with van der Waals surface area (Å²) in [7, 11) is 0. The smallest absolute Gasteiger partial charge is 0.271 e. The summed E-state index contributed by atoms with van der Waals surface area (Å²) in [6.07, 6.45) is 7.76. The van der Waals surface area contributed by atoms with Gasteiger partial charge in [0.05, 0.1) is 17.2 Å². The normalized spacial score (nSPS) is 21.4. The molecule has 3 rings (SSSR count). The summed E-state index contributed by atoms with van der Waals surface area (Å²) in [6.45, 7) is 1.58. The Morgan fingerprint density at radius 1 is 0.844 bits per heavy atom. The van der Waals surface area contributed by atoms with Crippen molar-refractivity contribution in [2.45, 2.75) is 128 Å². The van der Waals surface area contributed by atoms with Crippen LogP contribution in [0.15, 0.2) is 48.5 Å². The first kappa shape index (κ1) is 36.4. The number of unbranched alkanes of at least 4 members (excludes halogenated alkanes) is 12. The number of anilines is 2. The van der Waals surface area contributed by atoms with Crippen LogP contribution in [-0.2, 0) is 9.53 Å². The Balaban J connectivity index is 1.67. The van der Waals surface area contributed by atoms with Crippen molar-refractivity contribution >= 4 is 23.0 Å². The lowest BCUT2D eigenvalue weighted by Gasteiger charge is -2.40. The average molecular weight is 631 g/mol. The van der Waals surface area contributed by atoms with Gasteiger partial charge in [0.1, 0.15) is 30.2 Å². The zero-order valence-electron chi connectivity index (χ0n) is 26.3. The zero-order valence-corrected chi connectivity index (χ0v) is 26.3. The molecule has 1 aliphatic rings. The molecule has 5 atom stereocenters. The molecule has 1 fully saturated rings. The molecule has 1 aliphatic heterocycles. The Morgan fingerprint density at radius 2 is 1.42 bits per heavy atom. The first-order chi connectivity index (χ1) is 21.8. The maximum absolute atomic E-state index is 13.7. The lowest BCUT2D eigenvalue weighted by molar-refractivity contribution is -0.384. The minimum atomic E-state index is -1.70. The standard InChI is InChI=1S/C34H50N2O9/c1-2-3-4-5-6-7-8-9-10-11-12-13-17-20-30(38)35(25-18-15-14-16-19-25)27-23-26(36(42)43)21-22-28(27)44-34-33(41)32(40)31(39)29(24-37)45-34/h14-16,18-19,21-23,29,31-34,37,39-41H,2-13,17,20,24H2,1H3/t29-,31-,32+,33-,34-/m1/s1. The number of nitro groups is 1. The van der Waals surface area contributed by atoms with E-state index >= 15 is 0 Å². The Kier molecular flexibility index (Phi) is 15.7. The summed E-state index contributed by atoms with van der Waals surface area (Å²) in [6, 6.07) is 12.4. The fraction of sp³-hybridized carbons (Fsp3) is 0.618. The summed E-state index contributed by atoms with van der Waals surface area (Å²) in [5, 5.41) is 52.2. The maximum atomic E-state index is 13.7. The lowest BCUT2D eigenvalue weighted by Crippen LogP contribution is -2.60. The number of ether oxygens (including phenoxy) is 2. The number of nitro benzene ring substituents is 1. The molecule has 0 radical (unpaired) electrons. The van der Waals surface area contributed by atoms with Crippen LogP contribution in [0.5, 0.6) is 5.75 Å². The van der Waals surface area contributed by atoms with E-state index in [1.807, 2.05) is 0 Å². The number of carbonyl (C=O) groups is 1. The van der Waals surface area contributed by atoms with Gasteiger partial charge in [0, 0.05) is 24.2 Å². The molecule has 1 saturated heterocycles. The second-order valence-electron chi connectivity index (χ2n) is 11.8. The highest BCUT2D eigenvalue weighted by Crippen LogP contribution is 2.39. The number of amides is 1. The largest absolute Gasteiger partial charge is 0.460 e. The van der Waals surface area contributed by atoms with Gasteiger partial charge in [-0.15, -0.1) is 0 Å². The predicted molar refractivity (Wildman–Crippen MR) is 171 cm³/mol. The average Bonchev–Trinajstić information content (AvgIpc) is 3.04. The van der Waals surface area contributed by atoms with Gasteiger partial charge < -0.3 is 29.9 Å². The van der Waals surface area contributed by atoms with E-state index in [2.05, 4.69) is 6.92 Å². The summed E-state index contributed by atoms with van der Waals surface area (Å²) in [4.78, 5) is 26.2. The molecule has 0 spiro atoms. The number of hydrogen-bond acceptors (Lipinski definition) is 9. The van der Waals surface area contributed by atoms with E-state index in [0.717, 1.165) is 19.3 Å². The summed E-state index contributed by atoms with van der Waals surface area (Å²) >= 11 is 0. The Bertz CT molecular complexity index is 1160. The van der Waals surface area contributed by atoms with Gasteiger partial charge in [-0.3, -0.25) is 19.8 Å². The van der Waals surface area contributed by atoms with Crippen molar-refractivity contribution in [1.82, 2.24) is 0 Å². The summed E-state index contributed by atoms with van der Waals surface area (Å²) < 4.78 is 11.4. The second-order valence-corrected chi connectivity index (χ2v) is 11.8. The van der Waals surface area contributed by atoms with E-state index in [4.69, 9.17) is 9.47 Å². The predicted octanol–water partition coefficient (Wildman–Crippen LogP) is 5.92. The molecule has 1 heterocycles. The van der Waals surface area contributed by atoms with Gasteiger partial charge in [0.2, 0.25) is 12.2 Å². The number of aliphatic hydroxyl groups excluding tert-OH is 4. The number of para-hydroxylation sites is 1. The van der Waals surface area contributed by atoms with Crippen LogP contribution in [0.25, 0.3) is 0 Å².